The van der Waals surface area contributed by atoms with E-state index in [0.717, 1.165) is 29.5 Å². The second kappa shape index (κ2) is 5.55. The van der Waals surface area contributed by atoms with E-state index in [2.05, 4.69) is 0 Å². The summed E-state index contributed by atoms with van der Waals surface area (Å²) in [5.41, 5.74) is 2.89. The van der Waals surface area contributed by atoms with Crippen molar-refractivity contribution in [2.24, 2.45) is 11.8 Å². The first-order chi connectivity index (χ1) is 9.00. The molecule has 1 aliphatic carbocycles. The molecule has 1 N–H and O–H groups in total. The number of hydrogen-bond acceptors (Lipinski definition) is 2. The van der Waals surface area contributed by atoms with Gasteiger partial charge in [0.05, 0.1) is 5.92 Å². The summed E-state index contributed by atoms with van der Waals surface area (Å²) in [6, 6.07) is 5.75. The first-order valence-electron chi connectivity index (χ1n) is 6.84. The summed E-state index contributed by atoms with van der Waals surface area (Å²) >= 11 is 0. The Balaban J connectivity index is 2.19. The lowest BCUT2D eigenvalue weighted by molar-refractivity contribution is -0.143. The molecule has 0 heterocycles. The third kappa shape index (κ3) is 2.86. The van der Waals surface area contributed by atoms with Gasteiger partial charge in [0, 0.05) is 11.5 Å². The molecule has 1 fully saturated rings. The summed E-state index contributed by atoms with van der Waals surface area (Å²) in [4.78, 5) is 23.6. The van der Waals surface area contributed by atoms with Crippen LogP contribution in [0.2, 0.25) is 0 Å². The monoisotopic (exact) mass is 260 g/mol. The molecule has 0 unspecified atom stereocenters. The predicted molar refractivity (Wildman–Crippen MR) is 73.3 cm³/mol. The number of hydrogen-bond donors (Lipinski definition) is 1. The lowest BCUT2D eigenvalue weighted by Gasteiger charge is -2.26. The van der Waals surface area contributed by atoms with E-state index in [0.29, 0.717) is 12.8 Å². The molecule has 2 atom stereocenters. The molecule has 1 aliphatic rings. The number of aryl methyl sites for hydroxylation is 1. The second-order valence-electron chi connectivity index (χ2n) is 5.51. The Labute approximate surface area is 113 Å². The van der Waals surface area contributed by atoms with Crippen LogP contribution >= 0.6 is 0 Å². The lowest BCUT2D eigenvalue weighted by atomic mass is 9.77. The van der Waals surface area contributed by atoms with Crippen molar-refractivity contribution in [1.82, 2.24) is 0 Å². The number of ketones is 1. The number of carbonyl (C=O) groups excluding carboxylic acids is 1. The number of carboxylic acid groups (broad SMARTS) is 1. The van der Waals surface area contributed by atoms with Crippen LogP contribution in [0.3, 0.4) is 0 Å². The van der Waals surface area contributed by atoms with Gasteiger partial charge in [-0.1, -0.05) is 24.6 Å². The molecule has 0 saturated heterocycles. The molecule has 1 aromatic carbocycles. The Bertz CT molecular complexity index is 505. The quantitative estimate of drug-likeness (QED) is 0.848. The summed E-state index contributed by atoms with van der Waals surface area (Å²) in [6.07, 6.45) is 2.84. The molecular formula is C16H20O3. The molecule has 2 rings (SSSR count). The minimum Gasteiger partial charge on any atom is -0.481 e. The van der Waals surface area contributed by atoms with Crippen molar-refractivity contribution >= 4 is 11.8 Å². The van der Waals surface area contributed by atoms with Crippen LogP contribution in [0.15, 0.2) is 18.2 Å². The highest BCUT2D eigenvalue weighted by Gasteiger charge is 2.31. The second-order valence-corrected chi connectivity index (χ2v) is 5.51. The van der Waals surface area contributed by atoms with Gasteiger partial charge in [-0.2, -0.15) is 0 Å². The van der Waals surface area contributed by atoms with Gasteiger partial charge < -0.3 is 5.11 Å². The maximum atomic E-state index is 12.5. The van der Waals surface area contributed by atoms with Crippen molar-refractivity contribution in [3.63, 3.8) is 0 Å². The molecule has 0 aromatic heterocycles. The van der Waals surface area contributed by atoms with E-state index in [9.17, 15) is 9.59 Å². The molecular weight excluding hydrogens is 240 g/mol. The normalized spacial score (nSPS) is 23.1. The van der Waals surface area contributed by atoms with Gasteiger partial charge in [0.2, 0.25) is 0 Å². The lowest BCUT2D eigenvalue weighted by Crippen LogP contribution is -2.27. The van der Waals surface area contributed by atoms with Gasteiger partial charge in [0.15, 0.2) is 5.78 Å². The van der Waals surface area contributed by atoms with Crippen LogP contribution in [0, 0.1) is 25.7 Å². The van der Waals surface area contributed by atoms with Crippen molar-refractivity contribution in [3.05, 3.63) is 34.9 Å². The Morgan fingerprint density at radius 1 is 1.16 bits per heavy atom. The third-order valence-electron chi connectivity index (χ3n) is 4.26. The Morgan fingerprint density at radius 3 is 2.53 bits per heavy atom. The molecule has 1 saturated carbocycles. The molecule has 0 aliphatic heterocycles. The van der Waals surface area contributed by atoms with Crippen LogP contribution in [0.25, 0.3) is 0 Å². The largest absolute Gasteiger partial charge is 0.481 e. The van der Waals surface area contributed by atoms with Gasteiger partial charge >= 0.3 is 5.97 Å². The van der Waals surface area contributed by atoms with E-state index in [1.807, 2.05) is 32.0 Å². The number of carbonyl (C=O) groups is 2. The highest BCUT2D eigenvalue weighted by atomic mass is 16.4. The zero-order valence-electron chi connectivity index (χ0n) is 11.5. The van der Waals surface area contributed by atoms with Gasteiger partial charge in [-0.25, -0.2) is 0 Å². The fraction of sp³-hybridized carbons (Fsp3) is 0.500. The summed E-state index contributed by atoms with van der Waals surface area (Å²) in [7, 11) is 0. The van der Waals surface area contributed by atoms with Crippen LogP contribution in [-0.4, -0.2) is 16.9 Å². The van der Waals surface area contributed by atoms with Crippen molar-refractivity contribution in [3.8, 4) is 0 Å². The standard InChI is InChI=1S/C16H20O3/c1-10-5-3-8-14(11(10)2)15(17)12-6-4-7-13(9-12)16(18)19/h3,5,8,12-13H,4,6-7,9H2,1-2H3,(H,18,19)/t12-,13+/m0/s1. The molecule has 19 heavy (non-hydrogen) atoms. The number of rotatable bonds is 3. The smallest absolute Gasteiger partial charge is 0.306 e. The molecule has 3 nitrogen and oxygen atoms in total. The van der Waals surface area contributed by atoms with Crippen LogP contribution in [0.4, 0.5) is 0 Å². The zero-order chi connectivity index (χ0) is 14.0. The van der Waals surface area contributed by atoms with Crippen LogP contribution < -0.4 is 0 Å². The minimum absolute atomic E-state index is 0.118. The van der Waals surface area contributed by atoms with Crippen molar-refractivity contribution in [1.29, 1.82) is 0 Å². The van der Waals surface area contributed by atoms with Gasteiger partial charge in [-0.3, -0.25) is 9.59 Å². The average Bonchev–Trinajstić information content (AvgIpc) is 2.41. The van der Waals surface area contributed by atoms with E-state index >= 15 is 0 Å². The highest BCUT2D eigenvalue weighted by molar-refractivity contribution is 5.99. The number of carboxylic acids is 1. The first kappa shape index (κ1) is 13.8. The van der Waals surface area contributed by atoms with Gasteiger partial charge in [0.25, 0.3) is 0 Å². The predicted octanol–water partition coefficient (Wildman–Crippen LogP) is 3.38. The average molecular weight is 260 g/mol. The van der Waals surface area contributed by atoms with E-state index in [4.69, 9.17) is 5.11 Å². The molecule has 3 heteroatoms. The Kier molecular flexibility index (Phi) is 4.03. The Morgan fingerprint density at radius 2 is 1.84 bits per heavy atom. The highest BCUT2D eigenvalue weighted by Crippen LogP contribution is 2.32. The Hall–Kier alpha value is -1.64. The zero-order valence-corrected chi connectivity index (χ0v) is 11.5. The molecule has 0 amide bonds. The van der Waals surface area contributed by atoms with Crippen molar-refractivity contribution in [2.45, 2.75) is 39.5 Å². The van der Waals surface area contributed by atoms with Gasteiger partial charge in [-0.15, -0.1) is 0 Å². The van der Waals surface area contributed by atoms with Crippen LogP contribution in [0.1, 0.15) is 47.2 Å². The number of aliphatic carboxylic acids is 1. The van der Waals surface area contributed by atoms with Crippen LogP contribution in [0.5, 0.6) is 0 Å². The first-order valence-corrected chi connectivity index (χ1v) is 6.84. The summed E-state index contributed by atoms with van der Waals surface area (Å²) in [5.74, 6) is -1.13. The fourth-order valence-corrected chi connectivity index (χ4v) is 2.89. The van der Waals surface area contributed by atoms with Crippen LogP contribution in [-0.2, 0) is 4.79 Å². The van der Waals surface area contributed by atoms with Crippen molar-refractivity contribution in [2.75, 3.05) is 0 Å². The molecule has 0 radical (unpaired) electrons. The molecule has 1 aromatic rings. The van der Waals surface area contributed by atoms with E-state index < -0.39 is 5.97 Å². The summed E-state index contributed by atoms with van der Waals surface area (Å²) in [6.45, 7) is 3.95. The van der Waals surface area contributed by atoms with E-state index in [-0.39, 0.29) is 17.6 Å². The molecule has 0 spiro atoms. The maximum Gasteiger partial charge on any atom is 0.306 e. The third-order valence-corrected chi connectivity index (χ3v) is 4.26. The topological polar surface area (TPSA) is 54.4 Å². The van der Waals surface area contributed by atoms with Gasteiger partial charge in [-0.05, 0) is 44.2 Å². The number of Topliss-reactive ketones (excluding diaryl/α,β-unsaturated/α-hetero) is 1. The summed E-state index contributed by atoms with van der Waals surface area (Å²) in [5, 5.41) is 9.10. The molecule has 0 bridgehead atoms. The van der Waals surface area contributed by atoms with Gasteiger partial charge in [0.1, 0.15) is 0 Å². The summed E-state index contributed by atoms with van der Waals surface area (Å²) < 4.78 is 0. The fourth-order valence-electron chi connectivity index (χ4n) is 2.89. The van der Waals surface area contributed by atoms with Crippen molar-refractivity contribution < 1.29 is 14.7 Å². The number of benzene rings is 1. The van der Waals surface area contributed by atoms with E-state index in [1.54, 1.807) is 0 Å². The SMILES string of the molecule is Cc1cccc(C(=O)[C@H]2CCC[C@@H](C(=O)O)C2)c1C. The molecule has 102 valence electrons. The van der Waals surface area contributed by atoms with E-state index in [1.165, 1.54) is 0 Å². The maximum absolute atomic E-state index is 12.5. The minimum atomic E-state index is -0.765.